The van der Waals surface area contributed by atoms with Crippen molar-refractivity contribution in [2.45, 2.75) is 19.3 Å². The molecule has 0 bridgehead atoms. The molecule has 2 N–H and O–H groups in total. The van der Waals surface area contributed by atoms with Crippen LogP contribution in [0, 0.1) is 0 Å². The molecule has 0 radical (unpaired) electrons. The summed E-state index contributed by atoms with van der Waals surface area (Å²) in [4.78, 5) is 5.73. The van der Waals surface area contributed by atoms with Crippen molar-refractivity contribution in [3.63, 3.8) is 0 Å². The first-order valence-corrected chi connectivity index (χ1v) is 7.94. The first kappa shape index (κ1) is 13.3. The summed E-state index contributed by atoms with van der Waals surface area (Å²) >= 11 is 0. The zero-order chi connectivity index (χ0) is 14.9. The summed E-state index contributed by atoms with van der Waals surface area (Å²) in [6.45, 7) is 2.10. The molecule has 0 amide bonds. The molecule has 2 aromatic carbocycles. The SMILES string of the molecule is Oc1cccc2[nH]cc(CCN3CCCc4ccccc43)c12. The van der Waals surface area contributed by atoms with E-state index < -0.39 is 0 Å². The number of fused-ring (bicyclic) bond motifs is 2. The minimum Gasteiger partial charge on any atom is -0.507 e. The van der Waals surface area contributed by atoms with Crippen LogP contribution in [0.4, 0.5) is 5.69 Å². The molecule has 1 aliphatic rings. The molecule has 3 aromatic rings. The Balaban J connectivity index is 1.58. The molecule has 1 aromatic heterocycles. The Labute approximate surface area is 130 Å². The molecule has 4 rings (SSSR count). The van der Waals surface area contributed by atoms with Gasteiger partial charge in [-0.3, -0.25) is 0 Å². The van der Waals surface area contributed by atoms with Crippen LogP contribution >= 0.6 is 0 Å². The van der Waals surface area contributed by atoms with E-state index in [4.69, 9.17) is 0 Å². The Morgan fingerprint density at radius 1 is 1.09 bits per heavy atom. The maximum atomic E-state index is 10.1. The van der Waals surface area contributed by atoms with E-state index in [1.165, 1.54) is 29.7 Å². The van der Waals surface area contributed by atoms with Gasteiger partial charge in [-0.05, 0) is 48.6 Å². The summed E-state index contributed by atoms with van der Waals surface area (Å²) in [6, 6.07) is 14.3. The Morgan fingerprint density at radius 3 is 2.95 bits per heavy atom. The lowest BCUT2D eigenvalue weighted by Crippen LogP contribution is -2.31. The second kappa shape index (κ2) is 5.41. The van der Waals surface area contributed by atoms with Crippen LogP contribution in [-0.4, -0.2) is 23.2 Å². The fourth-order valence-corrected chi connectivity index (χ4v) is 3.53. The van der Waals surface area contributed by atoms with Crippen LogP contribution in [0.2, 0.25) is 0 Å². The highest BCUT2D eigenvalue weighted by Gasteiger charge is 2.16. The van der Waals surface area contributed by atoms with E-state index in [2.05, 4.69) is 34.1 Å². The molecule has 112 valence electrons. The summed E-state index contributed by atoms with van der Waals surface area (Å²) < 4.78 is 0. The number of anilines is 1. The number of benzene rings is 2. The smallest absolute Gasteiger partial charge is 0.125 e. The molecule has 3 nitrogen and oxygen atoms in total. The number of hydrogen-bond donors (Lipinski definition) is 2. The van der Waals surface area contributed by atoms with Crippen LogP contribution < -0.4 is 4.90 Å². The molecule has 0 atom stereocenters. The number of rotatable bonds is 3. The van der Waals surface area contributed by atoms with E-state index in [9.17, 15) is 5.11 Å². The van der Waals surface area contributed by atoms with Crippen molar-refractivity contribution in [1.82, 2.24) is 4.98 Å². The van der Waals surface area contributed by atoms with Crippen LogP contribution in [0.5, 0.6) is 5.75 Å². The highest BCUT2D eigenvalue weighted by atomic mass is 16.3. The molecule has 0 unspecified atom stereocenters. The Bertz CT molecular complexity index is 806. The monoisotopic (exact) mass is 292 g/mol. The van der Waals surface area contributed by atoms with Gasteiger partial charge in [-0.1, -0.05) is 24.3 Å². The lowest BCUT2D eigenvalue weighted by Gasteiger charge is -2.31. The number of aromatic hydroxyl groups is 1. The van der Waals surface area contributed by atoms with Gasteiger partial charge in [0.05, 0.1) is 0 Å². The van der Waals surface area contributed by atoms with Gasteiger partial charge in [0.2, 0.25) is 0 Å². The summed E-state index contributed by atoms with van der Waals surface area (Å²) in [5, 5.41) is 11.1. The summed E-state index contributed by atoms with van der Waals surface area (Å²) in [6.07, 6.45) is 5.36. The number of para-hydroxylation sites is 1. The number of aryl methyl sites for hydroxylation is 1. The first-order valence-electron chi connectivity index (χ1n) is 7.94. The predicted octanol–water partition coefficient (Wildman–Crippen LogP) is 3.87. The van der Waals surface area contributed by atoms with E-state index in [0.29, 0.717) is 5.75 Å². The van der Waals surface area contributed by atoms with Gasteiger partial charge in [-0.25, -0.2) is 0 Å². The van der Waals surface area contributed by atoms with Crippen LogP contribution in [0.1, 0.15) is 17.5 Å². The molecule has 22 heavy (non-hydrogen) atoms. The predicted molar refractivity (Wildman–Crippen MR) is 90.6 cm³/mol. The number of H-pyrrole nitrogens is 1. The molecule has 0 fully saturated rings. The lowest BCUT2D eigenvalue weighted by atomic mass is 10.0. The fraction of sp³-hybridized carbons (Fsp3) is 0.263. The maximum absolute atomic E-state index is 10.1. The number of hydrogen-bond acceptors (Lipinski definition) is 2. The number of nitrogens with zero attached hydrogens (tertiary/aromatic N) is 1. The average molecular weight is 292 g/mol. The molecule has 0 spiro atoms. The Hall–Kier alpha value is -2.42. The Morgan fingerprint density at radius 2 is 2.00 bits per heavy atom. The second-order valence-electron chi connectivity index (χ2n) is 5.98. The summed E-state index contributed by atoms with van der Waals surface area (Å²) in [7, 11) is 0. The molecular formula is C19H20N2O. The van der Waals surface area contributed by atoms with Crippen molar-refractivity contribution < 1.29 is 5.11 Å². The standard InChI is InChI=1S/C19H20N2O/c22-18-9-3-7-16-19(18)15(13-20-16)10-12-21-11-4-6-14-5-1-2-8-17(14)21/h1-3,5,7-9,13,20,22H,4,6,10-12H2. The van der Waals surface area contributed by atoms with Crippen molar-refractivity contribution >= 4 is 16.6 Å². The molecule has 2 heterocycles. The molecule has 1 aliphatic heterocycles. The van der Waals surface area contributed by atoms with E-state index >= 15 is 0 Å². The average Bonchev–Trinajstić information content (AvgIpc) is 2.97. The third kappa shape index (κ3) is 2.23. The largest absolute Gasteiger partial charge is 0.507 e. The number of phenols is 1. The number of phenolic OH excluding ortho intramolecular Hbond substituents is 1. The van der Waals surface area contributed by atoms with E-state index in [1.54, 1.807) is 6.07 Å². The van der Waals surface area contributed by atoms with Crippen molar-refractivity contribution in [2.75, 3.05) is 18.0 Å². The van der Waals surface area contributed by atoms with Gasteiger partial charge in [0, 0.05) is 35.9 Å². The lowest BCUT2D eigenvalue weighted by molar-refractivity contribution is 0.481. The second-order valence-corrected chi connectivity index (χ2v) is 5.98. The summed E-state index contributed by atoms with van der Waals surface area (Å²) in [5.74, 6) is 0.368. The quantitative estimate of drug-likeness (QED) is 0.769. The van der Waals surface area contributed by atoms with Crippen LogP contribution in [-0.2, 0) is 12.8 Å². The van der Waals surface area contributed by atoms with Gasteiger partial charge in [-0.2, -0.15) is 0 Å². The molecular weight excluding hydrogens is 272 g/mol. The van der Waals surface area contributed by atoms with Gasteiger partial charge in [-0.15, -0.1) is 0 Å². The fourth-order valence-electron chi connectivity index (χ4n) is 3.53. The van der Waals surface area contributed by atoms with E-state index in [0.717, 1.165) is 30.4 Å². The molecule has 3 heteroatoms. The Kier molecular flexibility index (Phi) is 3.26. The minimum atomic E-state index is 0.368. The first-order chi connectivity index (χ1) is 10.8. The minimum absolute atomic E-state index is 0.368. The van der Waals surface area contributed by atoms with Crippen LogP contribution in [0.3, 0.4) is 0 Å². The van der Waals surface area contributed by atoms with Gasteiger partial charge >= 0.3 is 0 Å². The van der Waals surface area contributed by atoms with E-state index in [1.807, 2.05) is 18.3 Å². The third-order valence-electron chi connectivity index (χ3n) is 4.62. The zero-order valence-electron chi connectivity index (χ0n) is 12.5. The van der Waals surface area contributed by atoms with Gasteiger partial charge in [0.25, 0.3) is 0 Å². The highest BCUT2D eigenvalue weighted by Crippen LogP contribution is 2.30. The molecule has 0 saturated heterocycles. The normalized spacial score (nSPS) is 14.3. The zero-order valence-corrected chi connectivity index (χ0v) is 12.5. The van der Waals surface area contributed by atoms with Crippen molar-refractivity contribution in [2.24, 2.45) is 0 Å². The van der Waals surface area contributed by atoms with Crippen molar-refractivity contribution in [3.8, 4) is 5.75 Å². The highest BCUT2D eigenvalue weighted by molar-refractivity contribution is 5.89. The van der Waals surface area contributed by atoms with Crippen LogP contribution in [0.15, 0.2) is 48.7 Å². The number of nitrogens with one attached hydrogen (secondary N) is 1. The van der Waals surface area contributed by atoms with Gasteiger partial charge < -0.3 is 15.0 Å². The summed E-state index contributed by atoms with van der Waals surface area (Å²) in [5.41, 5.74) is 5.03. The maximum Gasteiger partial charge on any atom is 0.125 e. The van der Waals surface area contributed by atoms with Gasteiger partial charge in [0.15, 0.2) is 0 Å². The molecule has 0 aliphatic carbocycles. The third-order valence-corrected chi connectivity index (χ3v) is 4.62. The topological polar surface area (TPSA) is 39.3 Å². The van der Waals surface area contributed by atoms with Crippen molar-refractivity contribution in [1.29, 1.82) is 0 Å². The number of aromatic nitrogens is 1. The van der Waals surface area contributed by atoms with Crippen LogP contribution in [0.25, 0.3) is 10.9 Å². The van der Waals surface area contributed by atoms with Crippen molar-refractivity contribution in [3.05, 3.63) is 59.8 Å². The number of aromatic amines is 1. The van der Waals surface area contributed by atoms with E-state index in [-0.39, 0.29) is 0 Å². The molecule has 0 saturated carbocycles. The van der Waals surface area contributed by atoms with Gasteiger partial charge in [0.1, 0.15) is 5.75 Å².